The smallest absolute Gasteiger partial charge is 0.0701 e. The summed E-state index contributed by atoms with van der Waals surface area (Å²) in [6, 6.07) is 27.7. The number of benzene rings is 4. The molecule has 142 valence electrons. The molecule has 1 aliphatic carbocycles. The van der Waals surface area contributed by atoms with Crippen LogP contribution in [-0.4, -0.2) is 4.98 Å². The molecule has 0 radical (unpaired) electrons. The van der Waals surface area contributed by atoms with Crippen molar-refractivity contribution in [3.63, 3.8) is 0 Å². The van der Waals surface area contributed by atoms with E-state index in [-0.39, 0.29) is 0 Å². The summed E-state index contributed by atoms with van der Waals surface area (Å²) in [7, 11) is 0. The predicted octanol–water partition coefficient (Wildman–Crippen LogP) is 7.87. The highest BCUT2D eigenvalue weighted by molar-refractivity contribution is 9.10. The van der Waals surface area contributed by atoms with Gasteiger partial charge in [0.05, 0.1) is 5.52 Å². The van der Waals surface area contributed by atoms with E-state index in [1.807, 2.05) is 30.5 Å². The zero-order valence-electron chi connectivity index (χ0n) is 16.2. The van der Waals surface area contributed by atoms with Crippen molar-refractivity contribution < 1.29 is 0 Å². The second-order valence-corrected chi connectivity index (χ2v) is 8.46. The first-order chi connectivity index (χ1) is 14.3. The van der Waals surface area contributed by atoms with E-state index >= 15 is 0 Å². The monoisotopic (exact) mass is 439 g/mol. The first kappa shape index (κ1) is 18.3. The lowest BCUT2D eigenvalue weighted by molar-refractivity contribution is 0.690. The second kappa shape index (κ2) is 7.96. The average molecular weight is 440 g/mol. The molecule has 0 bridgehead atoms. The van der Waals surface area contributed by atoms with Gasteiger partial charge >= 0.3 is 0 Å². The van der Waals surface area contributed by atoms with Crippen molar-refractivity contribution in [2.24, 2.45) is 0 Å². The normalized spacial score (nSPS) is 13.1. The van der Waals surface area contributed by atoms with E-state index in [1.54, 1.807) is 11.1 Å². The Morgan fingerprint density at radius 3 is 2.28 bits per heavy atom. The molecule has 1 nitrogen and oxygen atoms in total. The Balaban J connectivity index is 0.000000153. The minimum atomic E-state index is 1.06. The molecule has 0 fully saturated rings. The number of aromatic nitrogens is 1. The molecule has 29 heavy (non-hydrogen) atoms. The van der Waals surface area contributed by atoms with Crippen LogP contribution in [-0.2, 0) is 12.8 Å². The zero-order valence-corrected chi connectivity index (χ0v) is 17.8. The van der Waals surface area contributed by atoms with Crippen LogP contribution in [0.5, 0.6) is 0 Å². The van der Waals surface area contributed by atoms with E-state index in [0.717, 1.165) is 5.52 Å². The van der Waals surface area contributed by atoms with Gasteiger partial charge in [0.1, 0.15) is 0 Å². The van der Waals surface area contributed by atoms with Crippen molar-refractivity contribution in [3.8, 4) is 0 Å². The Morgan fingerprint density at radius 1 is 0.655 bits per heavy atom. The number of nitrogens with zero attached hydrogens (tertiary/aromatic N) is 1. The van der Waals surface area contributed by atoms with Crippen LogP contribution in [0.15, 0.2) is 89.5 Å². The van der Waals surface area contributed by atoms with Crippen molar-refractivity contribution in [2.45, 2.75) is 25.7 Å². The van der Waals surface area contributed by atoms with E-state index in [2.05, 4.69) is 75.5 Å². The third-order valence-corrected chi connectivity index (χ3v) is 6.49. The van der Waals surface area contributed by atoms with Crippen LogP contribution in [0.4, 0.5) is 0 Å². The van der Waals surface area contributed by atoms with Crippen molar-refractivity contribution in [3.05, 3.63) is 101 Å². The Hall–Kier alpha value is -2.71. The van der Waals surface area contributed by atoms with E-state index in [1.165, 1.54) is 57.1 Å². The maximum atomic E-state index is 4.18. The molecule has 0 saturated heterocycles. The van der Waals surface area contributed by atoms with Gasteiger partial charge in [0.25, 0.3) is 0 Å². The fourth-order valence-electron chi connectivity index (χ4n) is 4.40. The van der Waals surface area contributed by atoms with Crippen LogP contribution < -0.4 is 0 Å². The van der Waals surface area contributed by atoms with Gasteiger partial charge in [-0.15, -0.1) is 0 Å². The number of hydrogen-bond donors (Lipinski definition) is 0. The number of hydrogen-bond acceptors (Lipinski definition) is 1. The van der Waals surface area contributed by atoms with Crippen LogP contribution in [0, 0.1) is 0 Å². The molecule has 5 aromatic rings. The SMILES string of the molecule is Brc1cc2c3c(ccc2c2ccccc12)CCCC3.c1ccc2ncccc2c1. The topological polar surface area (TPSA) is 12.9 Å². The Kier molecular flexibility index (Phi) is 5.03. The quantitative estimate of drug-likeness (QED) is 0.223. The number of fused-ring (bicyclic) bond motifs is 6. The van der Waals surface area contributed by atoms with Gasteiger partial charge < -0.3 is 0 Å². The lowest BCUT2D eigenvalue weighted by atomic mass is 9.86. The summed E-state index contributed by atoms with van der Waals surface area (Å²) < 4.78 is 1.22. The van der Waals surface area contributed by atoms with Gasteiger partial charge in [-0.25, -0.2) is 0 Å². The molecule has 0 N–H and O–H groups in total. The van der Waals surface area contributed by atoms with Crippen molar-refractivity contribution in [1.82, 2.24) is 4.98 Å². The summed E-state index contributed by atoms with van der Waals surface area (Å²) in [6.07, 6.45) is 6.96. The number of para-hydroxylation sites is 1. The molecule has 0 atom stereocenters. The molecule has 0 saturated carbocycles. The molecule has 1 heterocycles. The Labute approximate surface area is 179 Å². The summed E-state index contributed by atoms with van der Waals surface area (Å²) in [5.41, 5.74) is 4.20. The summed E-state index contributed by atoms with van der Waals surface area (Å²) in [6.45, 7) is 0. The van der Waals surface area contributed by atoms with Crippen LogP contribution in [0.2, 0.25) is 0 Å². The standard InChI is InChI=1S/C18H15Br.C9H7N/c19-18-11-17-13-6-2-1-5-12(13)9-10-15(17)14-7-3-4-8-16(14)18;1-2-6-9-8(4-1)5-3-7-10-9/h3-4,7-11H,1-2,5-6H2;1-7H. The minimum absolute atomic E-state index is 1.06. The number of aryl methyl sites for hydroxylation is 2. The summed E-state index contributed by atoms with van der Waals surface area (Å²) >= 11 is 3.75. The van der Waals surface area contributed by atoms with Gasteiger partial charge in [0, 0.05) is 16.1 Å². The van der Waals surface area contributed by atoms with Crippen LogP contribution in [0.3, 0.4) is 0 Å². The third-order valence-electron chi connectivity index (χ3n) is 5.83. The Morgan fingerprint density at radius 2 is 1.38 bits per heavy atom. The highest BCUT2D eigenvalue weighted by Crippen LogP contribution is 2.36. The highest BCUT2D eigenvalue weighted by atomic mass is 79.9. The van der Waals surface area contributed by atoms with E-state index in [4.69, 9.17) is 0 Å². The molecular formula is C27H22BrN. The summed E-state index contributed by atoms with van der Waals surface area (Å²) in [5, 5.41) is 6.72. The highest BCUT2D eigenvalue weighted by Gasteiger charge is 2.14. The Bertz CT molecular complexity index is 1260. The van der Waals surface area contributed by atoms with Crippen LogP contribution in [0.25, 0.3) is 32.4 Å². The maximum absolute atomic E-state index is 4.18. The molecule has 1 aromatic heterocycles. The zero-order chi connectivity index (χ0) is 19.6. The summed E-state index contributed by atoms with van der Waals surface area (Å²) in [5.74, 6) is 0. The average Bonchev–Trinajstić information content (AvgIpc) is 2.80. The van der Waals surface area contributed by atoms with E-state index in [9.17, 15) is 0 Å². The van der Waals surface area contributed by atoms with Gasteiger partial charge in [-0.2, -0.15) is 0 Å². The molecular weight excluding hydrogens is 418 g/mol. The molecule has 0 amide bonds. The van der Waals surface area contributed by atoms with Crippen molar-refractivity contribution in [1.29, 1.82) is 0 Å². The van der Waals surface area contributed by atoms with Gasteiger partial charge in [-0.3, -0.25) is 4.98 Å². The van der Waals surface area contributed by atoms with Gasteiger partial charge in [0.15, 0.2) is 0 Å². The fraction of sp³-hybridized carbons (Fsp3) is 0.148. The molecule has 4 aromatic carbocycles. The molecule has 2 heteroatoms. The van der Waals surface area contributed by atoms with Gasteiger partial charge in [-0.1, -0.05) is 76.6 Å². The number of rotatable bonds is 0. The molecule has 1 aliphatic rings. The fourth-order valence-corrected chi connectivity index (χ4v) is 4.98. The summed E-state index contributed by atoms with van der Waals surface area (Å²) in [4.78, 5) is 4.18. The minimum Gasteiger partial charge on any atom is -0.256 e. The largest absolute Gasteiger partial charge is 0.256 e. The third kappa shape index (κ3) is 3.54. The first-order valence-electron chi connectivity index (χ1n) is 10.2. The second-order valence-electron chi connectivity index (χ2n) is 7.61. The molecule has 0 spiro atoms. The van der Waals surface area contributed by atoms with Crippen molar-refractivity contribution >= 4 is 48.4 Å². The molecule has 0 unspecified atom stereocenters. The van der Waals surface area contributed by atoms with Crippen LogP contribution >= 0.6 is 15.9 Å². The van der Waals surface area contributed by atoms with Crippen LogP contribution in [0.1, 0.15) is 24.0 Å². The maximum Gasteiger partial charge on any atom is 0.0701 e. The lowest BCUT2D eigenvalue weighted by Crippen LogP contribution is -2.03. The molecule has 0 aliphatic heterocycles. The first-order valence-corrected chi connectivity index (χ1v) is 11.0. The lowest BCUT2D eigenvalue weighted by Gasteiger charge is -2.19. The van der Waals surface area contributed by atoms with E-state index < -0.39 is 0 Å². The molecule has 6 rings (SSSR count). The van der Waals surface area contributed by atoms with E-state index in [0.29, 0.717) is 0 Å². The number of pyridine rings is 1. The van der Waals surface area contributed by atoms with Gasteiger partial charge in [-0.05, 0) is 76.6 Å². The predicted molar refractivity (Wildman–Crippen MR) is 128 cm³/mol. The van der Waals surface area contributed by atoms with Gasteiger partial charge in [0.2, 0.25) is 0 Å². The van der Waals surface area contributed by atoms with Crippen molar-refractivity contribution in [2.75, 3.05) is 0 Å². The number of halogens is 1.